The number of hydrogen-bond donors (Lipinski definition) is 0. The number of benzene rings is 1. The van der Waals surface area contributed by atoms with E-state index in [9.17, 15) is 0 Å². The van der Waals surface area contributed by atoms with Gasteiger partial charge in [-0.15, -0.1) is 6.42 Å². The Morgan fingerprint density at radius 1 is 1.12 bits per heavy atom. The monoisotopic (exact) mass is 222 g/mol. The van der Waals surface area contributed by atoms with E-state index in [1.165, 1.54) is 5.56 Å². The van der Waals surface area contributed by atoms with Gasteiger partial charge in [-0.05, 0) is 24.6 Å². The van der Waals surface area contributed by atoms with Crippen LogP contribution in [0.1, 0.15) is 18.4 Å². The van der Waals surface area contributed by atoms with Gasteiger partial charge in [-0.2, -0.15) is 0 Å². The molecule has 0 bridgehead atoms. The molecule has 0 aliphatic carbocycles. The van der Waals surface area contributed by atoms with E-state index in [0.29, 0.717) is 19.4 Å². The summed E-state index contributed by atoms with van der Waals surface area (Å²) < 4.78 is 5.46. The summed E-state index contributed by atoms with van der Waals surface area (Å²) in [5.41, 5.74) is 1.18. The summed E-state index contributed by atoms with van der Waals surface area (Å²) in [4.78, 5) is 0. The van der Waals surface area contributed by atoms with Crippen LogP contribution in [0.2, 0.25) is 0 Å². The first-order valence-corrected chi connectivity index (χ1v) is 5.37. The molecule has 0 N–H and O–H groups in total. The Balaban J connectivity index is 2.27. The molecule has 0 aliphatic heterocycles. The van der Waals surface area contributed by atoms with Gasteiger partial charge in [0.25, 0.3) is 0 Å². The van der Waals surface area contributed by atoms with Crippen molar-refractivity contribution in [3.63, 3.8) is 0 Å². The molecule has 1 heteroatoms. The lowest BCUT2D eigenvalue weighted by Crippen LogP contribution is -1.93. The van der Waals surface area contributed by atoms with Gasteiger partial charge in [0.1, 0.15) is 12.4 Å². The summed E-state index contributed by atoms with van der Waals surface area (Å²) in [6.07, 6.45) is 6.09. The Hall–Kier alpha value is -2.30. The lowest BCUT2D eigenvalue weighted by molar-refractivity contribution is 0.370. The van der Waals surface area contributed by atoms with Crippen molar-refractivity contribution in [3.8, 4) is 41.8 Å². The first kappa shape index (κ1) is 12.8. The molecule has 0 fully saturated rings. The number of rotatable bonds is 2. The van der Waals surface area contributed by atoms with Crippen LogP contribution in [-0.2, 0) is 0 Å². The second-order valence-corrected chi connectivity index (χ2v) is 3.37. The van der Waals surface area contributed by atoms with Crippen LogP contribution in [-0.4, -0.2) is 6.61 Å². The molecule has 0 aliphatic rings. The van der Waals surface area contributed by atoms with Crippen molar-refractivity contribution < 1.29 is 4.74 Å². The maximum Gasteiger partial charge on any atom is 0.149 e. The van der Waals surface area contributed by atoms with Gasteiger partial charge in [0, 0.05) is 0 Å². The fraction of sp³-hybridized carbons (Fsp3) is 0.250. The molecular formula is C16H14O. The smallest absolute Gasteiger partial charge is 0.149 e. The van der Waals surface area contributed by atoms with Crippen LogP contribution in [0, 0.1) is 42.9 Å². The normalized spacial score (nSPS) is 8.00. The molecule has 17 heavy (non-hydrogen) atoms. The molecule has 0 radical (unpaired) electrons. The lowest BCUT2D eigenvalue weighted by atomic mass is 10.2. The van der Waals surface area contributed by atoms with Crippen molar-refractivity contribution >= 4 is 0 Å². The maximum atomic E-state index is 5.46. The van der Waals surface area contributed by atoms with Gasteiger partial charge in [0.2, 0.25) is 0 Å². The molecule has 0 amide bonds. The molecule has 0 spiro atoms. The van der Waals surface area contributed by atoms with Crippen LogP contribution < -0.4 is 4.74 Å². The molecule has 1 nitrogen and oxygen atoms in total. The van der Waals surface area contributed by atoms with Crippen molar-refractivity contribution in [2.24, 2.45) is 0 Å². The number of aryl methyl sites for hydroxylation is 1. The summed E-state index contributed by atoms with van der Waals surface area (Å²) in [6, 6.07) is 7.89. The molecule has 0 unspecified atom stereocenters. The van der Waals surface area contributed by atoms with Crippen molar-refractivity contribution in [3.05, 3.63) is 29.8 Å². The molecule has 0 saturated heterocycles. The Kier molecular flexibility index (Phi) is 5.95. The predicted octanol–water partition coefficient (Wildman–Crippen LogP) is 2.79. The van der Waals surface area contributed by atoms with Crippen molar-refractivity contribution in [2.45, 2.75) is 19.8 Å². The van der Waals surface area contributed by atoms with Crippen LogP contribution in [0.5, 0.6) is 5.75 Å². The highest BCUT2D eigenvalue weighted by atomic mass is 16.5. The van der Waals surface area contributed by atoms with E-state index in [1.807, 2.05) is 31.2 Å². The van der Waals surface area contributed by atoms with Crippen molar-refractivity contribution in [1.29, 1.82) is 0 Å². The van der Waals surface area contributed by atoms with Gasteiger partial charge in [0.15, 0.2) is 0 Å². The van der Waals surface area contributed by atoms with Gasteiger partial charge < -0.3 is 4.74 Å². The minimum absolute atomic E-state index is 0.389. The van der Waals surface area contributed by atoms with Gasteiger partial charge in [0.05, 0.1) is 12.8 Å². The fourth-order valence-electron chi connectivity index (χ4n) is 1.16. The lowest BCUT2D eigenvalue weighted by Gasteiger charge is -2.01. The van der Waals surface area contributed by atoms with E-state index in [1.54, 1.807) is 0 Å². The Morgan fingerprint density at radius 2 is 1.88 bits per heavy atom. The molecule has 1 aromatic rings. The molecule has 1 rings (SSSR count). The first-order chi connectivity index (χ1) is 8.33. The van der Waals surface area contributed by atoms with Crippen LogP contribution >= 0.6 is 0 Å². The summed E-state index contributed by atoms with van der Waals surface area (Å²) >= 11 is 0. The van der Waals surface area contributed by atoms with Crippen molar-refractivity contribution in [2.75, 3.05) is 6.61 Å². The second kappa shape index (κ2) is 7.92. The highest BCUT2D eigenvalue weighted by Gasteiger charge is 1.90. The highest BCUT2D eigenvalue weighted by molar-refractivity contribution is 5.27. The second-order valence-electron chi connectivity index (χ2n) is 3.37. The SMILES string of the molecule is C#CCC#CCC#CCOc1cccc(C)c1. The molecule has 0 heterocycles. The first-order valence-electron chi connectivity index (χ1n) is 5.37. The number of terminal acetylenes is 1. The molecular weight excluding hydrogens is 208 g/mol. The Labute approximate surface area is 103 Å². The summed E-state index contributed by atoms with van der Waals surface area (Å²) in [7, 11) is 0. The third-order valence-corrected chi connectivity index (χ3v) is 1.92. The molecule has 0 atom stereocenters. The molecule has 1 aromatic carbocycles. The van der Waals surface area contributed by atoms with Crippen LogP contribution in [0.4, 0.5) is 0 Å². The van der Waals surface area contributed by atoms with Gasteiger partial charge in [-0.3, -0.25) is 0 Å². The van der Waals surface area contributed by atoms with Crippen LogP contribution in [0.15, 0.2) is 24.3 Å². The zero-order chi connectivity index (χ0) is 12.3. The zero-order valence-electron chi connectivity index (χ0n) is 9.92. The van der Waals surface area contributed by atoms with Crippen LogP contribution in [0.3, 0.4) is 0 Å². The Morgan fingerprint density at radius 3 is 2.65 bits per heavy atom. The van der Waals surface area contributed by atoms with E-state index < -0.39 is 0 Å². The quantitative estimate of drug-likeness (QED) is 0.699. The minimum atomic E-state index is 0.389. The largest absolute Gasteiger partial charge is 0.481 e. The molecule has 0 saturated carbocycles. The van der Waals surface area contributed by atoms with E-state index in [-0.39, 0.29) is 0 Å². The summed E-state index contributed by atoms with van der Waals surface area (Å²) in [5.74, 6) is 14.8. The van der Waals surface area contributed by atoms with Gasteiger partial charge in [-0.1, -0.05) is 41.7 Å². The summed E-state index contributed by atoms with van der Waals surface area (Å²) in [5, 5.41) is 0. The van der Waals surface area contributed by atoms with E-state index in [4.69, 9.17) is 11.2 Å². The van der Waals surface area contributed by atoms with E-state index >= 15 is 0 Å². The maximum absolute atomic E-state index is 5.46. The Bertz CT molecular complexity index is 512. The summed E-state index contributed by atoms with van der Waals surface area (Å²) in [6.45, 7) is 2.42. The predicted molar refractivity (Wildman–Crippen MR) is 70.3 cm³/mol. The fourth-order valence-corrected chi connectivity index (χ4v) is 1.16. The minimum Gasteiger partial charge on any atom is -0.481 e. The standard InChI is InChI=1S/C16H14O/c1-3-4-5-6-7-8-9-13-17-16-12-10-11-15(2)14-16/h1,10-12,14H,4,7,13H2,2H3. The van der Waals surface area contributed by atoms with Gasteiger partial charge >= 0.3 is 0 Å². The number of ether oxygens (including phenoxy) is 1. The third-order valence-electron chi connectivity index (χ3n) is 1.92. The van der Waals surface area contributed by atoms with E-state index in [2.05, 4.69) is 29.6 Å². The third kappa shape index (κ3) is 5.99. The average Bonchev–Trinajstić information content (AvgIpc) is 2.33. The molecule has 84 valence electrons. The van der Waals surface area contributed by atoms with Crippen molar-refractivity contribution in [1.82, 2.24) is 0 Å². The van der Waals surface area contributed by atoms with Gasteiger partial charge in [-0.25, -0.2) is 0 Å². The van der Waals surface area contributed by atoms with Crippen LogP contribution in [0.25, 0.3) is 0 Å². The molecule has 0 aromatic heterocycles. The topological polar surface area (TPSA) is 9.23 Å². The zero-order valence-corrected chi connectivity index (χ0v) is 9.92. The highest BCUT2D eigenvalue weighted by Crippen LogP contribution is 2.11. The number of hydrogen-bond acceptors (Lipinski definition) is 1. The average molecular weight is 222 g/mol. The van der Waals surface area contributed by atoms with E-state index in [0.717, 1.165) is 5.75 Å².